The Bertz CT molecular complexity index is 931. The van der Waals surface area contributed by atoms with Crippen LogP contribution in [-0.4, -0.2) is 18.4 Å². The lowest BCUT2D eigenvalue weighted by Crippen LogP contribution is -2.24. The van der Waals surface area contributed by atoms with E-state index in [0.717, 1.165) is 28.0 Å². The Kier molecular flexibility index (Phi) is 4.69. The largest absolute Gasteiger partial charge is 0.342 e. The number of aromatic nitrogens is 2. The molecule has 0 bridgehead atoms. The standard InChI is InChI=1S/C18H21N3O2S/c1-13(2)18-20-16-9-8-15(10-17(16)21-18)11-19-24(22,23)12-14-6-4-3-5-7-14/h3-10,13,19H,11-12H2,1-2H3,(H,20,21). The Labute approximate surface area is 142 Å². The molecule has 1 aromatic heterocycles. The zero-order valence-corrected chi connectivity index (χ0v) is 14.6. The minimum absolute atomic E-state index is 0.0162. The highest BCUT2D eigenvalue weighted by Crippen LogP contribution is 2.18. The van der Waals surface area contributed by atoms with Crippen LogP contribution < -0.4 is 4.72 Å². The number of fused-ring (bicyclic) bond motifs is 1. The van der Waals surface area contributed by atoms with Gasteiger partial charge in [0.2, 0.25) is 10.0 Å². The third-order valence-corrected chi connectivity index (χ3v) is 5.10. The summed E-state index contributed by atoms with van der Waals surface area (Å²) in [7, 11) is -3.37. The zero-order chi connectivity index (χ0) is 17.2. The van der Waals surface area contributed by atoms with Gasteiger partial charge >= 0.3 is 0 Å². The number of H-pyrrole nitrogens is 1. The quantitative estimate of drug-likeness (QED) is 0.721. The first kappa shape index (κ1) is 16.7. The molecule has 0 saturated carbocycles. The van der Waals surface area contributed by atoms with Crippen molar-refractivity contribution in [1.82, 2.24) is 14.7 Å². The van der Waals surface area contributed by atoms with E-state index in [1.807, 2.05) is 48.5 Å². The van der Waals surface area contributed by atoms with E-state index in [4.69, 9.17) is 0 Å². The van der Waals surface area contributed by atoms with E-state index in [2.05, 4.69) is 28.5 Å². The molecule has 0 amide bonds. The van der Waals surface area contributed by atoms with Crippen LogP contribution in [0.4, 0.5) is 0 Å². The average molecular weight is 343 g/mol. The summed E-state index contributed by atoms with van der Waals surface area (Å²) in [5, 5.41) is 0. The van der Waals surface area contributed by atoms with Gasteiger partial charge in [0.15, 0.2) is 0 Å². The van der Waals surface area contributed by atoms with Gasteiger partial charge in [-0.1, -0.05) is 50.2 Å². The number of hydrogen-bond acceptors (Lipinski definition) is 3. The molecule has 126 valence electrons. The molecule has 0 aliphatic carbocycles. The van der Waals surface area contributed by atoms with Gasteiger partial charge in [-0.25, -0.2) is 18.1 Å². The molecular weight excluding hydrogens is 322 g/mol. The van der Waals surface area contributed by atoms with Gasteiger partial charge in [0.1, 0.15) is 5.82 Å². The monoisotopic (exact) mass is 343 g/mol. The number of nitrogens with zero attached hydrogens (tertiary/aromatic N) is 1. The fourth-order valence-electron chi connectivity index (χ4n) is 2.50. The van der Waals surface area contributed by atoms with Gasteiger partial charge in [-0.2, -0.15) is 0 Å². The SMILES string of the molecule is CC(C)c1nc2ccc(CNS(=O)(=O)Cc3ccccc3)cc2[nH]1. The highest BCUT2D eigenvalue weighted by atomic mass is 32.2. The van der Waals surface area contributed by atoms with Gasteiger partial charge in [0.25, 0.3) is 0 Å². The molecule has 0 atom stereocenters. The van der Waals surface area contributed by atoms with Gasteiger partial charge in [-0.15, -0.1) is 0 Å². The summed E-state index contributed by atoms with van der Waals surface area (Å²) < 4.78 is 27.1. The van der Waals surface area contributed by atoms with Crippen molar-refractivity contribution in [2.75, 3.05) is 0 Å². The van der Waals surface area contributed by atoms with Crippen LogP contribution in [-0.2, 0) is 22.3 Å². The number of rotatable bonds is 6. The van der Waals surface area contributed by atoms with Crippen LogP contribution in [0.15, 0.2) is 48.5 Å². The summed E-state index contributed by atoms with van der Waals surface area (Å²) in [4.78, 5) is 7.81. The molecule has 0 aliphatic heterocycles. The summed E-state index contributed by atoms with van der Waals surface area (Å²) in [6, 6.07) is 14.9. The van der Waals surface area contributed by atoms with Crippen molar-refractivity contribution in [2.24, 2.45) is 0 Å². The van der Waals surface area contributed by atoms with Crippen LogP contribution in [0.1, 0.15) is 36.7 Å². The maximum Gasteiger partial charge on any atom is 0.216 e. The summed E-state index contributed by atoms with van der Waals surface area (Å²) >= 11 is 0. The molecule has 0 aliphatic rings. The lowest BCUT2D eigenvalue weighted by atomic mass is 10.2. The van der Waals surface area contributed by atoms with Crippen molar-refractivity contribution in [2.45, 2.75) is 32.1 Å². The van der Waals surface area contributed by atoms with Gasteiger partial charge < -0.3 is 4.98 Å². The van der Waals surface area contributed by atoms with E-state index in [1.54, 1.807) is 0 Å². The molecule has 0 saturated heterocycles. The molecule has 3 aromatic rings. The Morgan fingerprint density at radius 1 is 1.08 bits per heavy atom. The van der Waals surface area contributed by atoms with E-state index < -0.39 is 10.0 Å². The number of hydrogen-bond donors (Lipinski definition) is 2. The van der Waals surface area contributed by atoms with Crippen molar-refractivity contribution >= 4 is 21.1 Å². The van der Waals surface area contributed by atoms with E-state index in [0.29, 0.717) is 5.92 Å². The summed E-state index contributed by atoms with van der Waals surface area (Å²) in [5.74, 6) is 1.24. The number of imidazole rings is 1. The molecule has 5 nitrogen and oxygen atoms in total. The summed E-state index contributed by atoms with van der Waals surface area (Å²) in [5.41, 5.74) is 3.50. The first-order valence-corrected chi connectivity index (χ1v) is 9.58. The summed E-state index contributed by atoms with van der Waals surface area (Å²) in [6.07, 6.45) is 0. The molecule has 0 fully saturated rings. The minimum Gasteiger partial charge on any atom is -0.342 e. The lowest BCUT2D eigenvalue weighted by Gasteiger charge is -2.07. The Hall–Kier alpha value is -2.18. The van der Waals surface area contributed by atoms with Gasteiger partial charge in [-0.3, -0.25) is 0 Å². The van der Waals surface area contributed by atoms with Crippen molar-refractivity contribution in [3.63, 3.8) is 0 Å². The van der Waals surface area contributed by atoms with E-state index in [1.165, 1.54) is 0 Å². The fraction of sp³-hybridized carbons (Fsp3) is 0.278. The topological polar surface area (TPSA) is 74.8 Å². The normalized spacial score (nSPS) is 12.1. The Balaban J connectivity index is 1.70. The predicted octanol–water partition coefficient (Wildman–Crippen LogP) is 3.31. The fourth-order valence-corrected chi connectivity index (χ4v) is 3.62. The Morgan fingerprint density at radius 3 is 2.54 bits per heavy atom. The molecule has 24 heavy (non-hydrogen) atoms. The molecule has 0 spiro atoms. The smallest absolute Gasteiger partial charge is 0.216 e. The van der Waals surface area contributed by atoms with E-state index >= 15 is 0 Å². The lowest BCUT2D eigenvalue weighted by molar-refractivity contribution is 0.580. The maximum atomic E-state index is 12.2. The van der Waals surface area contributed by atoms with Gasteiger partial charge in [0.05, 0.1) is 16.8 Å². The van der Waals surface area contributed by atoms with Crippen LogP contribution >= 0.6 is 0 Å². The van der Waals surface area contributed by atoms with Crippen molar-refractivity contribution in [3.8, 4) is 0 Å². The van der Waals surface area contributed by atoms with E-state index in [9.17, 15) is 8.42 Å². The predicted molar refractivity (Wildman–Crippen MR) is 96.1 cm³/mol. The van der Waals surface area contributed by atoms with Crippen molar-refractivity contribution in [3.05, 3.63) is 65.5 Å². The molecular formula is C18H21N3O2S. The van der Waals surface area contributed by atoms with Crippen LogP contribution in [0.5, 0.6) is 0 Å². The van der Waals surface area contributed by atoms with Crippen LogP contribution in [0.25, 0.3) is 11.0 Å². The average Bonchev–Trinajstić information content (AvgIpc) is 2.97. The number of sulfonamides is 1. The molecule has 2 N–H and O–H groups in total. The second-order valence-corrected chi connectivity index (χ2v) is 8.00. The van der Waals surface area contributed by atoms with E-state index in [-0.39, 0.29) is 12.3 Å². The Morgan fingerprint density at radius 2 is 1.83 bits per heavy atom. The van der Waals surface area contributed by atoms with Crippen molar-refractivity contribution < 1.29 is 8.42 Å². The zero-order valence-electron chi connectivity index (χ0n) is 13.8. The molecule has 3 rings (SSSR count). The second-order valence-electron chi connectivity index (χ2n) is 6.19. The highest BCUT2D eigenvalue weighted by molar-refractivity contribution is 7.88. The number of benzene rings is 2. The van der Waals surface area contributed by atoms with Gasteiger partial charge in [0, 0.05) is 12.5 Å². The highest BCUT2D eigenvalue weighted by Gasteiger charge is 2.12. The molecule has 1 heterocycles. The number of nitrogens with one attached hydrogen (secondary N) is 2. The first-order valence-electron chi connectivity index (χ1n) is 7.93. The molecule has 2 aromatic carbocycles. The number of aromatic amines is 1. The summed E-state index contributed by atoms with van der Waals surface area (Å²) in [6.45, 7) is 4.42. The van der Waals surface area contributed by atoms with Gasteiger partial charge in [-0.05, 0) is 23.3 Å². The first-order chi connectivity index (χ1) is 11.4. The van der Waals surface area contributed by atoms with Crippen LogP contribution in [0.2, 0.25) is 0 Å². The minimum atomic E-state index is -3.37. The van der Waals surface area contributed by atoms with Crippen LogP contribution in [0.3, 0.4) is 0 Å². The maximum absolute atomic E-state index is 12.2. The third-order valence-electron chi connectivity index (χ3n) is 3.81. The molecule has 0 unspecified atom stereocenters. The third kappa shape index (κ3) is 4.01. The second kappa shape index (κ2) is 6.75. The van der Waals surface area contributed by atoms with Crippen molar-refractivity contribution in [1.29, 1.82) is 0 Å². The molecule has 6 heteroatoms. The molecule has 0 radical (unpaired) electrons. The van der Waals surface area contributed by atoms with Crippen LogP contribution in [0, 0.1) is 0 Å².